The molecule has 1 saturated heterocycles. The molecule has 1 aliphatic heterocycles. The van der Waals surface area contributed by atoms with Crippen LogP contribution in [0.15, 0.2) is 24.3 Å². The van der Waals surface area contributed by atoms with Crippen molar-refractivity contribution in [3.63, 3.8) is 0 Å². The van der Waals surface area contributed by atoms with Crippen molar-refractivity contribution in [3.05, 3.63) is 35.4 Å². The molecule has 1 fully saturated rings. The average Bonchev–Trinajstić information content (AvgIpc) is 2.55. The Hall–Kier alpha value is -1.18. The van der Waals surface area contributed by atoms with E-state index < -0.39 is 17.9 Å². The number of hydrogen-bond acceptors (Lipinski definition) is 5. The molecule has 0 aliphatic carbocycles. The van der Waals surface area contributed by atoms with Crippen LogP contribution in [0.3, 0.4) is 0 Å². The summed E-state index contributed by atoms with van der Waals surface area (Å²) in [5, 5.41) is 11.5. The average molecular weight is 341 g/mol. The Morgan fingerprint density at radius 1 is 1.32 bits per heavy atom. The number of rotatable bonds is 6. The molecule has 120 valence electrons. The van der Waals surface area contributed by atoms with Gasteiger partial charge in [-0.1, -0.05) is 12.1 Å². The van der Waals surface area contributed by atoms with Crippen LogP contribution in [0, 0.1) is 0 Å². The summed E-state index contributed by atoms with van der Waals surface area (Å²) in [4.78, 5) is 23.1. The Morgan fingerprint density at radius 3 is 2.50 bits per heavy atom. The summed E-state index contributed by atoms with van der Waals surface area (Å²) in [6.07, 6.45) is 1.24. The number of thioether (sulfide) groups is 2. The van der Waals surface area contributed by atoms with Crippen LogP contribution in [0.2, 0.25) is 0 Å². The van der Waals surface area contributed by atoms with Crippen LogP contribution in [-0.4, -0.2) is 48.2 Å². The van der Waals surface area contributed by atoms with Crippen molar-refractivity contribution in [2.45, 2.75) is 17.0 Å². The number of carbonyl (C=O) groups is 2. The molecule has 1 unspecified atom stereocenters. The van der Waals surface area contributed by atoms with Crippen LogP contribution in [0.25, 0.3) is 0 Å². The second-order valence-electron chi connectivity index (χ2n) is 4.87. The summed E-state index contributed by atoms with van der Waals surface area (Å²) in [5.74, 6) is 0.816. The van der Waals surface area contributed by atoms with Crippen molar-refractivity contribution in [2.75, 3.05) is 25.2 Å². The van der Waals surface area contributed by atoms with Crippen molar-refractivity contribution in [3.8, 4) is 0 Å². The molecule has 1 atom stereocenters. The van der Waals surface area contributed by atoms with Gasteiger partial charge in [0.25, 0.3) is 5.91 Å². The van der Waals surface area contributed by atoms with Crippen LogP contribution in [0.5, 0.6) is 0 Å². The van der Waals surface area contributed by atoms with Gasteiger partial charge >= 0.3 is 5.97 Å². The fraction of sp³-hybridized carbons (Fsp3) is 0.467. The number of carboxylic acids is 1. The first-order valence-electron chi connectivity index (χ1n) is 6.97. The number of ether oxygens (including phenoxy) is 1. The van der Waals surface area contributed by atoms with Crippen LogP contribution >= 0.6 is 23.5 Å². The third-order valence-electron chi connectivity index (χ3n) is 3.21. The standard InChI is InChI=1S/C15H19NO4S2/c1-20-9-12(14(18)19)16-13(17)10-3-5-11(6-4-10)15-21-7-2-8-22-15/h3-6,12,15H,2,7-9H2,1H3,(H,16,17)(H,18,19). The number of nitrogens with one attached hydrogen (secondary N) is 1. The van der Waals surface area contributed by atoms with E-state index in [0.717, 1.165) is 11.5 Å². The summed E-state index contributed by atoms with van der Waals surface area (Å²) >= 11 is 3.84. The van der Waals surface area contributed by atoms with Gasteiger partial charge in [-0.05, 0) is 35.6 Å². The van der Waals surface area contributed by atoms with Gasteiger partial charge in [0, 0.05) is 12.7 Å². The molecule has 0 saturated carbocycles. The van der Waals surface area contributed by atoms with Crippen LogP contribution in [0.4, 0.5) is 0 Å². The number of carbonyl (C=O) groups excluding carboxylic acids is 1. The first-order valence-corrected chi connectivity index (χ1v) is 9.07. The molecule has 0 aromatic heterocycles. The zero-order valence-corrected chi connectivity index (χ0v) is 13.9. The van der Waals surface area contributed by atoms with Gasteiger partial charge in [-0.25, -0.2) is 4.79 Å². The number of hydrogen-bond donors (Lipinski definition) is 2. The van der Waals surface area contributed by atoms with E-state index in [-0.39, 0.29) is 6.61 Å². The fourth-order valence-electron chi connectivity index (χ4n) is 2.05. The Balaban J connectivity index is 1.99. The highest BCUT2D eigenvalue weighted by molar-refractivity contribution is 8.16. The smallest absolute Gasteiger partial charge is 0.328 e. The molecule has 1 aromatic carbocycles. The lowest BCUT2D eigenvalue weighted by atomic mass is 10.1. The van der Waals surface area contributed by atoms with E-state index in [1.807, 2.05) is 35.7 Å². The topological polar surface area (TPSA) is 75.6 Å². The lowest BCUT2D eigenvalue weighted by molar-refractivity contribution is -0.140. The van der Waals surface area contributed by atoms with E-state index >= 15 is 0 Å². The van der Waals surface area contributed by atoms with Gasteiger partial charge in [-0.2, -0.15) is 0 Å². The molecule has 0 bridgehead atoms. The Morgan fingerprint density at radius 2 is 1.95 bits per heavy atom. The molecule has 2 rings (SSSR count). The van der Waals surface area contributed by atoms with Gasteiger partial charge in [0.1, 0.15) is 0 Å². The van der Waals surface area contributed by atoms with Crippen molar-refractivity contribution >= 4 is 35.4 Å². The summed E-state index contributed by atoms with van der Waals surface area (Å²) < 4.78 is 5.22. The molecule has 1 aliphatic rings. The van der Waals surface area contributed by atoms with Gasteiger partial charge in [0.05, 0.1) is 11.2 Å². The zero-order valence-electron chi connectivity index (χ0n) is 12.3. The number of methoxy groups -OCH3 is 1. The lowest BCUT2D eigenvalue weighted by Crippen LogP contribution is -2.43. The maximum Gasteiger partial charge on any atom is 0.328 e. The van der Waals surface area contributed by atoms with Crippen molar-refractivity contribution in [2.24, 2.45) is 0 Å². The number of aliphatic carboxylic acids is 1. The van der Waals surface area contributed by atoms with Crippen molar-refractivity contribution < 1.29 is 19.4 Å². The predicted molar refractivity (Wildman–Crippen MR) is 89.5 cm³/mol. The second-order valence-corrected chi connectivity index (χ2v) is 7.59. The molecule has 1 heterocycles. The van der Waals surface area contributed by atoms with Gasteiger partial charge < -0.3 is 15.2 Å². The first-order chi connectivity index (χ1) is 10.6. The summed E-state index contributed by atoms with van der Waals surface area (Å²) in [7, 11) is 1.40. The van der Waals surface area contributed by atoms with E-state index in [1.54, 1.807) is 12.1 Å². The minimum atomic E-state index is -1.11. The second kappa shape index (κ2) is 8.45. The third kappa shape index (κ3) is 4.66. The quantitative estimate of drug-likeness (QED) is 0.827. The Bertz CT molecular complexity index is 515. The summed E-state index contributed by atoms with van der Waals surface area (Å²) in [5.41, 5.74) is 1.65. The largest absolute Gasteiger partial charge is 0.480 e. The molecule has 0 radical (unpaired) electrons. The zero-order chi connectivity index (χ0) is 15.9. The number of amides is 1. The molecular formula is C15H19NO4S2. The molecule has 1 aromatic rings. The molecule has 1 amide bonds. The molecule has 22 heavy (non-hydrogen) atoms. The van der Waals surface area contributed by atoms with Gasteiger partial charge in [-0.3, -0.25) is 4.79 Å². The van der Waals surface area contributed by atoms with Crippen molar-refractivity contribution in [1.82, 2.24) is 5.32 Å². The van der Waals surface area contributed by atoms with Gasteiger partial charge in [0.15, 0.2) is 6.04 Å². The minimum absolute atomic E-state index is 0.0610. The SMILES string of the molecule is COCC(NC(=O)c1ccc(C2SCCCS2)cc1)C(=O)O. The lowest BCUT2D eigenvalue weighted by Gasteiger charge is -2.21. The molecule has 5 nitrogen and oxygen atoms in total. The molecule has 2 N–H and O–H groups in total. The Kier molecular flexibility index (Phi) is 6.60. The van der Waals surface area contributed by atoms with E-state index in [0.29, 0.717) is 10.1 Å². The summed E-state index contributed by atoms with van der Waals surface area (Å²) in [6.45, 7) is -0.0610. The maximum atomic E-state index is 12.1. The molecular weight excluding hydrogens is 322 g/mol. The first kappa shape index (κ1) is 17.2. The monoisotopic (exact) mass is 341 g/mol. The van der Waals surface area contributed by atoms with Crippen LogP contribution in [-0.2, 0) is 9.53 Å². The molecule has 7 heteroatoms. The number of carboxylic acid groups (broad SMARTS) is 1. The minimum Gasteiger partial charge on any atom is -0.480 e. The highest BCUT2D eigenvalue weighted by atomic mass is 32.2. The van der Waals surface area contributed by atoms with E-state index in [9.17, 15) is 9.59 Å². The van der Waals surface area contributed by atoms with E-state index in [1.165, 1.54) is 19.1 Å². The summed E-state index contributed by atoms with van der Waals surface area (Å²) in [6, 6.07) is 6.33. The molecule has 0 spiro atoms. The van der Waals surface area contributed by atoms with E-state index in [4.69, 9.17) is 9.84 Å². The van der Waals surface area contributed by atoms with Gasteiger partial charge in [0.2, 0.25) is 0 Å². The normalized spacial score (nSPS) is 17.0. The van der Waals surface area contributed by atoms with Crippen LogP contribution in [0.1, 0.15) is 26.9 Å². The van der Waals surface area contributed by atoms with E-state index in [2.05, 4.69) is 5.32 Å². The highest BCUT2D eigenvalue weighted by Gasteiger charge is 2.21. The predicted octanol–water partition coefficient (Wildman–Crippen LogP) is 2.38. The van der Waals surface area contributed by atoms with Crippen molar-refractivity contribution in [1.29, 1.82) is 0 Å². The van der Waals surface area contributed by atoms with Gasteiger partial charge in [-0.15, -0.1) is 23.5 Å². The fourth-order valence-corrected chi connectivity index (χ4v) is 4.95. The highest BCUT2D eigenvalue weighted by Crippen LogP contribution is 2.43. The third-order valence-corrected chi connectivity index (χ3v) is 6.22. The number of benzene rings is 1. The maximum absolute atomic E-state index is 12.1. The van der Waals surface area contributed by atoms with Crippen LogP contribution < -0.4 is 5.32 Å². The Labute approximate surface area is 138 Å².